The van der Waals surface area contributed by atoms with E-state index >= 15 is 0 Å². The second-order valence-electron chi connectivity index (χ2n) is 5.25. The van der Waals surface area contributed by atoms with Crippen molar-refractivity contribution in [2.75, 3.05) is 0 Å². The van der Waals surface area contributed by atoms with Crippen molar-refractivity contribution >= 4 is 5.91 Å². The van der Waals surface area contributed by atoms with Crippen molar-refractivity contribution in [1.82, 2.24) is 5.32 Å². The standard InChI is InChI=1S/C15H22N2O/c1-3-10(2)17-14(15(16)18)13-8-6-12(7-9-13)11-4-5-11/h6-11,14,17H,3-5H2,1-2H3,(H2,16,18). The number of nitrogens with two attached hydrogens (primary N) is 1. The van der Waals surface area contributed by atoms with E-state index in [1.54, 1.807) is 0 Å². The Kier molecular flexibility index (Phi) is 4.02. The van der Waals surface area contributed by atoms with Crippen molar-refractivity contribution in [2.24, 2.45) is 5.73 Å². The highest BCUT2D eigenvalue weighted by Gasteiger charge is 2.24. The van der Waals surface area contributed by atoms with Gasteiger partial charge >= 0.3 is 0 Å². The summed E-state index contributed by atoms with van der Waals surface area (Å²) < 4.78 is 0. The van der Waals surface area contributed by atoms with Gasteiger partial charge in [0.1, 0.15) is 6.04 Å². The molecule has 0 saturated heterocycles. The molecule has 3 nitrogen and oxygen atoms in total. The first-order valence-corrected chi connectivity index (χ1v) is 6.77. The summed E-state index contributed by atoms with van der Waals surface area (Å²) in [7, 11) is 0. The van der Waals surface area contributed by atoms with Gasteiger partial charge < -0.3 is 5.73 Å². The largest absolute Gasteiger partial charge is 0.368 e. The number of rotatable bonds is 6. The molecule has 0 radical (unpaired) electrons. The quantitative estimate of drug-likeness (QED) is 0.810. The van der Waals surface area contributed by atoms with E-state index in [1.165, 1.54) is 18.4 Å². The molecule has 1 fully saturated rings. The molecule has 1 aromatic carbocycles. The van der Waals surface area contributed by atoms with Crippen LogP contribution in [0.5, 0.6) is 0 Å². The van der Waals surface area contributed by atoms with Crippen LogP contribution in [0.15, 0.2) is 24.3 Å². The molecule has 1 amide bonds. The fourth-order valence-corrected chi connectivity index (χ4v) is 2.12. The van der Waals surface area contributed by atoms with Gasteiger partial charge in [-0.05, 0) is 43.2 Å². The third-order valence-corrected chi connectivity index (χ3v) is 3.67. The van der Waals surface area contributed by atoms with E-state index < -0.39 is 0 Å². The third-order valence-electron chi connectivity index (χ3n) is 3.67. The second kappa shape index (κ2) is 5.53. The lowest BCUT2D eigenvalue weighted by molar-refractivity contribution is -0.120. The first-order chi connectivity index (χ1) is 8.61. The Labute approximate surface area is 109 Å². The minimum atomic E-state index is -0.381. The van der Waals surface area contributed by atoms with Crippen LogP contribution < -0.4 is 11.1 Å². The molecule has 0 bridgehead atoms. The van der Waals surface area contributed by atoms with E-state index in [2.05, 4.69) is 31.3 Å². The molecule has 3 heteroatoms. The average Bonchev–Trinajstić information content (AvgIpc) is 3.20. The molecule has 1 aliphatic rings. The Morgan fingerprint density at radius 1 is 1.39 bits per heavy atom. The molecule has 3 N–H and O–H groups in total. The zero-order valence-corrected chi connectivity index (χ0v) is 11.1. The Hall–Kier alpha value is -1.35. The van der Waals surface area contributed by atoms with E-state index in [4.69, 9.17) is 5.73 Å². The lowest BCUT2D eigenvalue weighted by atomic mass is 10.0. The summed E-state index contributed by atoms with van der Waals surface area (Å²) in [5, 5.41) is 3.27. The maximum Gasteiger partial charge on any atom is 0.239 e. The molecule has 0 aliphatic heterocycles. The summed E-state index contributed by atoms with van der Waals surface area (Å²) in [6, 6.07) is 8.21. The number of carbonyl (C=O) groups is 1. The Balaban J connectivity index is 2.11. The molecule has 18 heavy (non-hydrogen) atoms. The van der Waals surface area contributed by atoms with Gasteiger partial charge in [-0.3, -0.25) is 10.1 Å². The number of amides is 1. The highest BCUT2D eigenvalue weighted by Crippen LogP contribution is 2.40. The van der Waals surface area contributed by atoms with Gasteiger partial charge in [-0.2, -0.15) is 0 Å². The van der Waals surface area contributed by atoms with Crippen LogP contribution in [-0.4, -0.2) is 11.9 Å². The zero-order chi connectivity index (χ0) is 13.1. The molecular weight excluding hydrogens is 224 g/mol. The van der Waals surface area contributed by atoms with Gasteiger partial charge in [0, 0.05) is 6.04 Å². The van der Waals surface area contributed by atoms with Crippen molar-refractivity contribution < 1.29 is 4.79 Å². The molecule has 98 valence electrons. The summed E-state index contributed by atoms with van der Waals surface area (Å²) in [6.07, 6.45) is 3.57. The van der Waals surface area contributed by atoms with Crippen LogP contribution >= 0.6 is 0 Å². The summed E-state index contributed by atoms with van der Waals surface area (Å²) in [5.41, 5.74) is 7.83. The van der Waals surface area contributed by atoms with E-state index in [0.717, 1.165) is 17.9 Å². The molecule has 1 aromatic rings. The lowest BCUT2D eigenvalue weighted by Crippen LogP contribution is -2.38. The highest BCUT2D eigenvalue weighted by molar-refractivity contribution is 5.81. The van der Waals surface area contributed by atoms with Crippen LogP contribution in [-0.2, 0) is 4.79 Å². The van der Waals surface area contributed by atoms with E-state index in [9.17, 15) is 4.79 Å². The Morgan fingerprint density at radius 2 is 2.00 bits per heavy atom. The number of hydrogen-bond acceptors (Lipinski definition) is 2. The number of hydrogen-bond donors (Lipinski definition) is 2. The average molecular weight is 246 g/mol. The summed E-state index contributed by atoms with van der Waals surface area (Å²) >= 11 is 0. The number of nitrogens with one attached hydrogen (secondary N) is 1. The number of primary amides is 1. The van der Waals surface area contributed by atoms with Crippen LogP contribution in [0.4, 0.5) is 0 Å². The Bertz CT molecular complexity index is 409. The molecule has 2 atom stereocenters. The van der Waals surface area contributed by atoms with E-state index in [0.29, 0.717) is 0 Å². The normalized spacial score (nSPS) is 18.3. The maximum atomic E-state index is 11.5. The van der Waals surface area contributed by atoms with Crippen molar-refractivity contribution in [1.29, 1.82) is 0 Å². The molecule has 2 unspecified atom stereocenters. The fourth-order valence-electron chi connectivity index (χ4n) is 2.12. The van der Waals surface area contributed by atoms with Gasteiger partial charge in [0.25, 0.3) is 0 Å². The van der Waals surface area contributed by atoms with Crippen LogP contribution in [0.1, 0.15) is 56.2 Å². The van der Waals surface area contributed by atoms with Gasteiger partial charge in [-0.25, -0.2) is 0 Å². The predicted molar refractivity (Wildman–Crippen MR) is 73.2 cm³/mol. The second-order valence-corrected chi connectivity index (χ2v) is 5.25. The minimum Gasteiger partial charge on any atom is -0.368 e. The number of carbonyl (C=O) groups excluding carboxylic acids is 1. The Morgan fingerprint density at radius 3 is 2.44 bits per heavy atom. The maximum absolute atomic E-state index is 11.5. The van der Waals surface area contributed by atoms with Gasteiger partial charge in [-0.15, -0.1) is 0 Å². The summed E-state index contributed by atoms with van der Waals surface area (Å²) in [5.74, 6) is 0.433. The molecule has 1 saturated carbocycles. The van der Waals surface area contributed by atoms with Gasteiger partial charge in [-0.1, -0.05) is 31.2 Å². The van der Waals surface area contributed by atoms with Crippen molar-refractivity contribution in [3.05, 3.63) is 35.4 Å². The summed E-state index contributed by atoms with van der Waals surface area (Å²) in [6.45, 7) is 4.15. The van der Waals surface area contributed by atoms with Crippen molar-refractivity contribution in [3.8, 4) is 0 Å². The molecule has 2 rings (SSSR count). The van der Waals surface area contributed by atoms with Crippen LogP contribution in [0, 0.1) is 0 Å². The van der Waals surface area contributed by atoms with Gasteiger partial charge in [0.15, 0.2) is 0 Å². The smallest absolute Gasteiger partial charge is 0.239 e. The zero-order valence-electron chi connectivity index (χ0n) is 11.1. The van der Waals surface area contributed by atoms with E-state index in [1.807, 2.05) is 12.1 Å². The molecule has 0 heterocycles. The van der Waals surface area contributed by atoms with Crippen LogP contribution in [0.25, 0.3) is 0 Å². The van der Waals surface area contributed by atoms with Gasteiger partial charge in [0.05, 0.1) is 0 Å². The molecule has 0 spiro atoms. The van der Waals surface area contributed by atoms with Crippen LogP contribution in [0.2, 0.25) is 0 Å². The first-order valence-electron chi connectivity index (χ1n) is 6.77. The van der Waals surface area contributed by atoms with Crippen molar-refractivity contribution in [3.63, 3.8) is 0 Å². The lowest BCUT2D eigenvalue weighted by Gasteiger charge is -2.20. The fraction of sp³-hybridized carbons (Fsp3) is 0.533. The molecule has 0 aromatic heterocycles. The van der Waals surface area contributed by atoms with Crippen molar-refractivity contribution in [2.45, 2.75) is 51.1 Å². The topological polar surface area (TPSA) is 55.1 Å². The highest BCUT2D eigenvalue weighted by atomic mass is 16.1. The first kappa shape index (κ1) is 13.1. The third kappa shape index (κ3) is 3.10. The number of benzene rings is 1. The monoisotopic (exact) mass is 246 g/mol. The summed E-state index contributed by atoms with van der Waals surface area (Å²) in [4.78, 5) is 11.5. The van der Waals surface area contributed by atoms with Crippen LogP contribution in [0.3, 0.4) is 0 Å². The van der Waals surface area contributed by atoms with E-state index in [-0.39, 0.29) is 18.0 Å². The molecular formula is C15H22N2O. The minimum absolute atomic E-state index is 0.283. The molecule has 1 aliphatic carbocycles. The van der Waals surface area contributed by atoms with Gasteiger partial charge in [0.2, 0.25) is 5.91 Å². The predicted octanol–water partition coefficient (Wildman–Crippen LogP) is 2.48. The SMILES string of the molecule is CCC(C)NC(C(N)=O)c1ccc(C2CC2)cc1.